The Morgan fingerprint density at radius 3 is 2.45 bits per heavy atom. The summed E-state index contributed by atoms with van der Waals surface area (Å²) < 4.78 is 6.98. The summed E-state index contributed by atoms with van der Waals surface area (Å²) in [4.78, 5) is 25.0. The second kappa shape index (κ2) is 8.77. The predicted molar refractivity (Wildman–Crippen MR) is 110 cm³/mol. The molecule has 0 bridgehead atoms. The highest BCUT2D eigenvalue weighted by Gasteiger charge is 2.26. The van der Waals surface area contributed by atoms with Crippen LogP contribution >= 0.6 is 0 Å². The van der Waals surface area contributed by atoms with Crippen molar-refractivity contribution < 1.29 is 14.0 Å². The molecule has 1 unspecified atom stereocenters. The topological polar surface area (TPSA) is 89.2 Å². The Hall–Kier alpha value is -3.35. The fraction of sp³-hybridized carbons (Fsp3) is 0.318. The first-order valence-corrected chi connectivity index (χ1v) is 9.61. The van der Waals surface area contributed by atoms with Gasteiger partial charge in [0.15, 0.2) is 5.76 Å². The van der Waals surface area contributed by atoms with Gasteiger partial charge < -0.3 is 15.1 Å². The van der Waals surface area contributed by atoms with Crippen molar-refractivity contribution >= 4 is 11.8 Å². The van der Waals surface area contributed by atoms with Gasteiger partial charge in [0, 0.05) is 17.8 Å². The first-order valence-electron chi connectivity index (χ1n) is 9.61. The Balaban J connectivity index is 1.70. The van der Waals surface area contributed by atoms with Gasteiger partial charge in [-0.1, -0.05) is 32.0 Å². The highest BCUT2D eigenvalue weighted by Crippen LogP contribution is 2.18. The number of benzene rings is 1. The molecule has 0 saturated carbocycles. The molecule has 3 aromatic rings. The molecule has 2 heterocycles. The van der Waals surface area contributed by atoms with E-state index in [0.29, 0.717) is 6.54 Å². The molecule has 7 heteroatoms. The van der Waals surface area contributed by atoms with Gasteiger partial charge in [0.05, 0.1) is 17.6 Å². The average molecular weight is 394 g/mol. The molecule has 3 rings (SSSR count). The smallest absolute Gasteiger partial charge is 0.287 e. The van der Waals surface area contributed by atoms with Gasteiger partial charge in [0.25, 0.3) is 5.91 Å². The maximum absolute atomic E-state index is 12.8. The fourth-order valence-electron chi connectivity index (χ4n) is 3.19. The number of aryl methyl sites for hydroxylation is 1. The van der Waals surface area contributed by atoms with Crippen LogP contribution in [-0.4, -0.2) is 27.6 Å². The van der Waals surface area contributed by atoms with E-state index in [2.05, 4.69) is 15.7 Å². The number of nitrogens with zero attached hydrogens (tertiary/aromatic N) is 2. The first kappa shape index (κ1) is 20.4. The molecule has 0 saturated heterocycles. The van der Waals surface area contributed by atoms with E-state index in [1.165, 1.54) is 6.26 Å². The van der Waals surface area contributed by atoms with Crippen LogP contribution in [0.2, 0.25) is 0 Å². The average Bonchev–Trinajstić information content (AvgIpc) is 3.33. The molecular weight excluding hydrogens is 368 g/mol. The van der Waals surface area contributed by atoms with Crippen LogP contribution in [0.15, 0.2) is 53.1 Å². The van der Waals surface area contributed by atoms with Crippen molar-refractivity contribution in [2.45, 2.75) is 40.3 Å². The van der Waals surface area contributed by atoms with Crippen LogP contribution in [0.3, 0.4) is 0 Å². The van der Waals surface area contributed by atoms with E-state index in [4.69, 9.17) is 4.42 Å². The largest absolute Gasteiger partial charge is 0.459 e. The van der Waals surface area contributed by atoms with Gasteiger partial charge in [-0.05, 0) is 44.0 Å². The normalized spacial score (nSPS) is 12.0. The molecule has 1 atom stereocenters. The number of aromatic nitrogens is 2. The molecule has 7 nitrogen and oxygen atoms in total. The molecule has 29 heavy (non-hydrogen) atoms. The summed E-state index contributed by atoms with van der Waals surface area (Å²) in [5, 5.41) is 10.3. The standard InChI is InChI=1S/C22H26N4O3/c1-14(2)20(24-21(27)19-11-8-12-29-19)22(28)23-13-18-15(3)25-26(16(18)4)17-9-6-5-7-10-17/h5-12,14,20H,13H2,1-4H3,(H,23,28)(H,24,27). The summed E-state index contributed by atoms with van der Waals surface area (Å²) in [7, 11) is 0. The number of carbonyl (C=O) groups is 2. The molecule has 152 valence electrons. The van der Waals surface area contributed by atoms with Gasteiger partial charge >= 0.3 is 0 Å². The van der Waals surface area contributed by atoms with Crippen LogP contribution in [0.1, 0.15) is 41.4 Å². The van der Waals surface area contributed by atoms with Crippen molar-refractivity contribution in [3.8, 4) is 5.69 Å². The van der Waals surface area contributed by atoms with Crippen LogP contribution < -0.4 is 10.6 Å². The third-order valence-electron chi connectivity index (χ3n) is 4.86. The van der Waals surface area contributed by atoms with Gasteiger partial charge in [0.1, 0.15) is 6.04 Å². The molecule has 2 amide bonds. The summed E-state index contributed by atoms with van der Waals surface area (Å²) in [5.41, 5.74) is 3.75. The maximum atomic E-state index is 12.8. The minimum absolute atomic E-state index is 0.0804. The molecule has 0 fully saturated rings. The van der Waals surface area contributed by atoms with Crippen LogP contribution in [0.4, 0.5) is 0 Å². The number of hydrogen-bond acceptors (Lipinski definition) is 4. The van der Waals surface area contributed by atoms with Crippen LogP contribution in [0.25, 0.3) is 5.69 Å². The molecule has 0 radical (unpaired) electrons. The SMILES string of the molecule is Cc1nn(-c2ccccc2)c(C)c1CNC(=O)C(NC(=O)c1ccco1)C(C)C. The maximum Gasteiger partial charge on any atom is 0.287 e. The molecule has 0 aliphatic carbocycles. The van der Waals surface area contributed by atoms with Crippen molar-refractivity contribution in [1.82, 2.24) is 20.4 Å². The van der Waals surface area contributed by atoms with Gasteiger partial charge in [-0.2, -0.15) is 5.10 Å². The van der Waals surface area contributed by atoms with Gasteiger partial charge in [0.2, 0.25) is 5.91 Å². The van der Waals surface area contributed by atoms with Gasteiger partial charge in [-0.3, -0.25) is 9.59 Å². The van der Waals surface area contributed by atoms with E-state index in [-0.39, 0.29) is 17.6 Å². The minimum atomic E-state index is -0.669. The quantitative estimate of drug-likeness (QED) is 0.644. The molecule has 2 aromatic heterocycles. The molecule has 0 aliphatic rings. The number of furan rings is 1. The second-order valence-electron chi connectivity index (χ2n) is 7.29. The molecular formula is C22H26N4O3. The Labute approximate surface area is 170 Å². The highest BCUT2D eigenvalue weighted by molar-refractivity contribution is 5.95. The minimum Gasteiger partial charge on any atom is -0.459 e. The first-order chi connectivity index (χ1) is 13.9. The third-order valence-corrected chi connectivity index (χ3v) is 4.86. The Morgan fingerprint density at radius 1 is 1.10 bits per heavy atom. The van der Waals surface area contributed by atoms with Crippen LogP contribution in [0, 0.1) is 19.8 Å². The zero-order valence-corrected chi connectivity index (χ0v) is 17.1. The second-order valence-corrected chi connectivity index (χ2v) is 7.29. The fourth-order valence-corrected chi connectivity index (χ4v) is 3.19. The van der Waals surface area contributed by atoms with Crippen LogP contribution in [-0.2, 0) is 11.3 Å². The number of amides is 2. The van der Waals surface area contributed by atoms with E-state index in [9.17, 15) is 9.59 Å². The lowest BCUT2D eigenvalue weighted by Gasteiger charge is -2.21. The lowest BCUT2D eigenvalue weighted by Crippen LogP contribution is -2.49. The molecule has 2 N–H and O–H groups in total. The summed E-state index contributed by atoms with van der Waals surface area (Å²) in [6.07, 6.45) is 1.43. The lowest BCUT2D eigenvalue weighted by molar-refractivity contribution is -0.124. The molecule has 0 spiro atoms. The van der Waals surface area contributed by atoms with E-state index < -0.39 is 11.9 Å². The van der Waals surface area contributed by atoms with Crippen molar-refractivity contribution in [3.05, 3.63) is 71.4 Å². The van der Waals surface area contributed by atoms with Crippen molar-refractivity contribution in [3.63, 3.8) is 0 Å². The lowest BCUT2D eigenvalue weighted by atomic mass is 10.0. The number of hydrogen-bond donors (Lipinski definition) is 2. The summed E-state index contributed by atoms with van der Waals surface area (Å²) >= 11 is 0. The number of nitrogens with one attached hydrogen (secondary N) is 2. The van der Waals surface area contributed by atoms with E-state index in [1.54, 1.807) is 12.1 Å². The predicted octanol–water partition coefficient (Wildman–Crippen LogP) is 3.15. The zero-order valence-electron chi connectivity index (χ0n) is 17.1. The van der Waals surface area contributed by atoms with E-state index in [0.717, 1.165) is 22.6 Å². The third kappa shape index (κ3) is 4.56. The Bertz CT molecular complexity index is 975. The number of para-hydroxylation sites is 1. The van der Waals surface area contributed by atoms with Crippen molar-refractivity contribution in [2.75, 3.05) is 0 Å². The van der Waals surface area contributed by atoms with E-state index >= 15 is 0 Å². The zero-order chi connectivity index (χ0) is 21.0. The molecule has 0 aliphatic heterocycles. The number of rotatable bonds is 7. The van der Waals surface area contributed by atoms with E-state index in [1.807, 2.05) is 62.7 Å². The Morgan fingerprint density at radius 2 is 1.83 bits per heavy atom. The van der Waals surface area contributed by atoms with Gasteiger partial charge in [-0.25, -0.2) is 4.68 Å². The number of carbonyl (C=O) groups excluding carboxylic acids is 2. The van der Waals surface area contributed by atoms with Crippen molar-refractivity contribution in [1.29, 1.82) is 0 Å². The monoisotopic (exact) mass is 394 g/mol. The summed E-state index contributed by atoms with van der Waals surface area (Å²) in [6.45, 7) is 8.01. The van der Waals surface area contributed by atoms with Crippen molar-refractivity contribution in [2.24, 2.45) is 5.92 Å². The van der Waals surface area contributed by atoms with Gasteiger partial charge in [-0.15, -0.1) is 0 Å². The summed E-state index contributed by atoms with van der Waals surface area (Å²) in [5.74, 6) is -0.554. The highest BCUT2D eigenvalue weighted by atomic mass is 16.3. The van der Waals surface area contributed by atoms with Crippen LogP contribution in [0.5, 0.6) is 0 Å². The summed E-state index contributed by atoms with van der Waals surface area (Å²) in [6, 6.07) is 12.4. The molecule has 1 aromatic carbocycles. The Kier molecular flexibility index (Phi) is 6.16.